The third-order valence-electron chi connectivity index (χ3n) is 6.80. The Bertz CT molecular complexity index is 337. The van der Waals surface area contributed by atoms with Gasteiger partial charge in [-0.15, -0.1) is 0 Å². The lowest BCUT2D eigenvalue weighted by molar-refractivity contribution is 0.0310. The van der Waals surface area contributed by atoms with Gasteiger partial charge in [0.05, 0.1) is 0 Å². The molecule has 0 aliphatic rings. The quantitative estimate of drug-likeness (QED) is 0.0855. The predicted molar refractivity (Wildman–Crippen MR) is 142 cm³/mol. The lowest BCUT2D eigenvalue weighted by atomic mass is 10.0. The maximum absolute atomic E-state index is 10.0. The highest BCUT2D eigenvalue weighted by molar-refractivity contribution is 4.60. The van der Waals surface area contributed by atoms with E-state index in [4.69, 9.17) is 0 Å². The minimum atomic E-state index is -0.554. The minimum Gasteiger partial charge on any atom is -0.379 e. The SMILES string of the molecule is CCCCCCCCCCCCCCCCCCCC(O)NC(O)CCCCCCCC. The van der Waals surface area contributed by atoms with E-state index < -0.39 is 12.5 Å². The molecular formula is C29H61NO2. The van der Waals surface area contributed by atoms with Gasteiger partial charge in [-0.25, -0.2) is 0 Å². The Morgan fingerprint density at radius 1 is 0.375 bits per heavy atom. The monoisotopic (exact) mass is 455 g/mol. The predicted octanol–water partition coefficient (Wildman–Crippen LogP) is 9.01. The molecule has 0 bridgehead atoms. The summed E-state index contributed by atoms with van der Waals surface area (Å²) in [5.41, 5.74) is 0. The van der Waals surface area contributed by atoms with E-state index in [0.717, 1.165) is 25.7 Å². The van der Waals surface area contributed by atoms with E-state index in [0.29, 0.717) is 0 Å². The van der Waals surface area contributed by atoms with Crippen LogP contribution < -0.4 is 5.32 Å². The van der Waals surface area contributed by atoms with E-state index in [9.17, 15) is 10.2 Å². The van der Waals surface area contributed by atoms with Crippen molar-refractivity contribution in [3.05, 3.63) is 0 Å². The molecule has 0 aliphatic carbocycles. The molecule has 0 heterocycles. The Kier molecular flexibility index (Phi) is 27.0. The summed E-state index contributed by atoms with van der Waals surface area (Å²) in [5.74, 6) is 0. The van der Waals surface area contributed by atoms with Crippen molar-refractivity contribution < 1.29 is 10.2 Å². The molecule has 2 atom stereocenters. The van der Waals surface area contributed by atoms with Crippen molar-refractivity contribution >= 4 is 0 Å². The van der Waals surface area contributed by atoms with Crippen LogP contribution in [0.1, 0.15) is 174 Å². The molecule has 3 nitrogen and oxygen atoms in total. The summed E-state index contributed by atoms with van der Waals surface area (Å²) in [5, 5.41) is 23.0. The first kappa shape index (κ1) is 31.9. The van der Waals surface area contributed by atoms with Gasteiger partial charge in [0.25, 0.3) is 0 Å². The number of hydrogen-bond donors (Lipinski definition) is 3. The molecule has 3 heteroatoms. The second kappa shape index (κ2) is 27.1. The average Bonchev–Trinajstić information content (AvgIpc) is 2.78. The average molecular weight is 456 g/mol. The summed E-state index contributed by atoms with van der Waals surface area (Å²) in [4.78, 5) is 0. The summed E-state index contributed by atoms with van der Waals surface area (Å²) in [7, 11) is 0. The molecule has 0 aromatic heterocycles. The van der Waals surface area contributed by atoms with Gasteiger partial charge in [-0.05, 0) is 25.7 Å². The fraction of sp³-hybridized carbons (Fsp3) is 1.00. The van der Waals surface area contributed by atoms with Crippen LogP contribution in [-0.2, 0) is 0 Å². The molecule has 0 aromatic rings. The first-order chi connectivity index (χ1) is 15.7. The molecule has 194 valence electrons. The molecule has 0 spiro atoms. The number of aliphatic hydroxyl groups excluding tert-OH is 2. The topological polar surface area (TPSA) is 52.5 Å². The maximum Gasteiger partial charge on any atom is 0.106 e. The lowest BCUT2D eigenvalue weighted by Gasteiger charge is -2.18. The first-order valence-corrected chi connectivity index (χ1v) is 14.8. The number of nitrogens with one attached hydrogen (secondary N) is 1. The van der Waals surface area contributed by atoms with Crippen molar-refractivity contribution in [3.63, 3.8) is 0 Å². The van der Waals surface area contributed by atoms with Crippen LogP contribution in [0.2, 0.25) is 0 Å². The van der Waals surface area contributed by atoms with Crippen LogP contribution in [0.25, 0.3) is 0 Å². The van der Waals surface area contributed by atoms with Gasteiger partial charge in [0, 0.05) is 0 Å². The van der Waals surface area contributed by atoms with E-state index in [1.165, 1.54) is 135 Å². The van der Waals surface area contributed by atoms with Crippen molar-refractivity contribution in [2.24, 2.45) is 0 Å². The highest BCUT2D eigenvalue weighted by Gasteiger charge is 2.09. The van der Waals surface area contributed by atoms with E-state index in [1.54, 1.807) is 0 Å². The molecule has 3 N–H and O–H groups in total. The fourth-order valence-electron chi connectivity index (χ4n) is 4.57. The first-order valence-electron chi connectivity index (χ1n) is 14.8. The number of aliphatic hydroxyl groups is 2. The molecule has 0 radical (unpaired) electrons. The zero-order chi connectivity index (χ0) is 23.5. The summed E-state index contributed by atoms with van der Waals surface area (Å²) in [6, 6.07) is 0. The molecule has 0 amide bonds. The van der Waals surface area contributed by atoms with E-state index in [1.807, 2.05) is 0 Å². The van der Waals surface area contributed by atoms with Gasteiger partial charge in [0.2, 0.25) is 0 Å². The highest BCUT2D eigenvalue weighted by Crippen LogP contribution is 2.15. The minimum absolute atomic E-state index is 0.554. The van der Waals surface area contributed by atoms with Crippen molar-refractivity contribution in [2.75, 3.05) is 0 Å². The standard InChI is InChI=1S/C29H61NO2/c1-3-5-7-9-11-12-13-14-15-16-17-18-19-20-21-23-25-27-29(32)30-28(31)26-24-22-10-8-6-4-2/h28-32H,3-27H2,1-2H3. The molecule has 0 rings (SSSR count). The third-order valence-corrected chi connectivity index (χ3v) is 6.80. The van der Waals surface area contributed by atoms with Crippen LogP contribution in [0.3, 0.4) is 0 Å². The second-order valence-corrected chi connectivity index (χ2v) is 10.2. The van der Waals surface area contributed by atoms with Crippen LogP contribution in [-0.4, -0.2) is 22.7 Å². The molecule has 0 aliphatic heterocycles. The lowest BCUT2D eigenvalue weighted by Crippen LogP contribution is -2.38. The number of hydrogen-bond acceptors (Lipinski definition) is 3. The zero-order valence-electron chi connectivity index (χ0n) is 22.2. The zero-order valence-corrected chi connectivity index (χ0v) is 22.2. The Balaban J connectivity index is 3.22. The highest BCUT2D eigenvalue weighted by atomic mass is 16.3. The summed E-state index contributed by atoms with van der Waals surface area (Å²) < 4.78 is 0. The van der Waals surface area contributed by atoms with Gasteiger partial charge < -0.3 is 10.2 Å². The largest absolute Gasteiger partial charge is 0.379 e. The summed E-state index contributed by atoms with van der Waals surface area (Å²) >= 11 is 0. The Hall–Kier alpha value is -0.120. The van der Waals surface area contributed by atoms with Gasteiger partial charge in [-0.2, -0.15) is 0 Å². The maximum atomic E-state index is 10.0. The fourth-order valence-corrected chi connectivity index (χ4v) is 4.57. The molecule has 2 unspecified atom stereocenters. The van der Waals surface area contributed by atoms with Crippen LogP contribution >= 0.6 is 0 Å². The van der Waals surface area contributed by atoms with E-state index in [-0.39, 0.29) is 0 Å². The molecular weight excluding hydrogens is 394 g/mol. The van der Waals surface area contributed by atoms with Crippen molar-refractivity contribution in [1.82, 2.24) is 5.32 Å². The number of rotatable bonds is 27. The molecule has 32 heavy (non-hydrogen) atoms. The third kappa shape index (κ3) is 26.1. The smallest absolute Gasteiger partial charge is 0.106 e. The number of unbranched alkanes of at least 4 members (excludes halogenated alkanes) is 21. The molecule has 0 saturated heterocycles. The van der Waals surface area contributed by atoms with E-state index >= 15 is 0 Å². The van der Waals surface area contributed by atoms with Gasteiger partial charge in [0.1, 0.15) is 12.5 Å². The van der Waals surface area contributed by atoms with E-state index in [2.05, 4.69) is 19.2 Å². The van der Waals surface area contributed by atoms with Gasteiger partial charge in [-0.3, -0.25) is 5.32 Å². The summed E-state index contributed by atoms with van der Waals surface area (Å²) in [6.07, 6.45) is 31.2. The van der Waals surface area contributed by atoms with Crippen LogP contribution in [0.15, 0.2) is 0 Å². The van der Waals surface area contributed by atoms with Crippen molar-refractivity contribution in [2.45, 2.75) is 187 Å². The summed E-state index contributed by atoms with van der Waals surface area (Å²) in [6.45, 7) is 4.52. The molecule has 0 fully saturated rings. The van der Waals surface area contributed by atoms with Crippen LogP contribution in [0, 0.1) is 0 Å². The van der Waals surface area contributed by atoms with Crippen LogP contribution in [0.5, 0.6) is 0 Å². The Morgan fingerprint density at radius 3 is 0.844 bits per heavy atom. The van der Waals surface area contributed by atoms with Crippen LogP contribution in [0.4, 0.5) is 0 Å². The van der Waals surface area contributed by atoms with Gasteiger partial charge in [0.15, 0.2) is 0 Å². The van der Waals surface area contributed by atoms with Crippen molar-refractivity contribution in [1.29, 1.82) is 0 Å². The van der Waals surface area contributed by atoms with Gasteiger partial charge in [-0.1, -0.05) is 149 Å². The Labute approximate surface area is 202 Å². The molecule has 0 saturated carbocycles. The van der Waals surface area contributed by atoms with Gasteiger partial charge >= 0.3 is 0 Å². The van der Waals surface area contributed by atoms with Crippen molar-refractivity contribution in [3.8, 4) is 0 Å². The molecule has 0 aromatic carbocycles. The Morgan fingerprint density at radius 2 is 0.594 bits per heavy atom. The normalized spacial score (nSPS) is 13.5. The second-order valence-electron chi connectivity index (χ2n) is 10.2.